The molecule has 4 rings (SSSR count). The number of benzene rings is 3. The molecule has 0 unspecified atom stereocenters. The van der Waals surface area contributed by atoms with Gasteiger partial charge in [-0.2, -0.15) is 0 Å². The number of hydrogen-bond donors (Lipinski definition) is 2. The Morgan fingerprint density at radius 1 is 1.03 bits per heavy atom. The third-order valence-corrected chi connectivity index (χ3v) is 5.90. The van der Waals surface area contributed by atoms with Gasteiger partial charge in [0.15, 0.2) is 0 Å². The number of nitrogens with zero attached hydrogens (tertiary/aromatic N) is 1. The highest BCUT2D eigenvalue weighted by Crippen LogP contribution is 2.32. The third kappa shape index (κ3) is 5.59. The lowest BCUT2D eigenvalue weighted by Crippen LogP contribution is -2.55. The molecule has 0 saturated heterocycles. The number of nitrogens with one attached hydrogen (secondary N) is 1. The summed E-state index contributed by atoms with van der Waals surface area (Å²) >= 11 is 0. The molecule has 0 aromatic heterocycles. The van der Waals surface area contributed by atoms with Crippen molar-refractivity contribution in [3.8, 4) is 5.75 Å². The van der Waals surface area contributed by atoms with Crippen LogP contribution < -0.4 is 20.7 Å². The Morgan fingerprint density at radius 3 is 2.45 bits per heavy atom. The predicted molar refractivity (Wildman–Crippen MR) is 129 cm³/mol. The molecule has 3 aromatic rings. The zero-order chi connectivity index (χ0) is 23.2. The van der Waals surface area contributed by atoms with Gasteiger partial charge in [-0.1, -0.05) is 72.3 Å². The molecule has 3 N–H and O–H groups in total. The van der Waals surface area contributed by atoms with Crippen molar-refractivity contribution in [2.75, 3.05) is 11.5 Å². The Kier molecular flexibility index (Phi) is 7.05. The smallest absolute Gasteiger partial charge is 0.248 e. The number of carbonyl (C=O) groups is 2. The van der Waals surface area contributed by atoms with Crippen LogP contribution >= 0.6 is 0 Å². The molecule has 3 aromatic carbocycles. The minimum atomic E-state index is -0.698. The first-order chi connectivity index (χ1) is 16.0. The molecule has 0 aliphatic carbocycles. The van der Waals surface area contributed by atoms with Crippen LogP contribution in [0.4, 0.5) is 5.69 Å². The van der Waals surface area contributed by atoms with Crippen LogP contribution in [-0.4, -0.2) is 30.5 Å². The lowest BCUT2D eigenvalue weighted by atomic mass is 10.0. The van der Waals surface area contributed by atoms with E-state index in [-0.39, 0.29) is 12.5 Å². The largest absolute Gasteiger partial charge is 0.489 e. The molecule has 6 heteroatoms. The second-order valence-corrected chi connectivity index (χ2v) is 8.39. The van der Waals surface area contributed by atoms with Crippen LogP contribution in [0.1, 0.15) is 23.1 Å². The summed E-state index contributed by atoms with van der Waals surface area (Å²) in [5, 5.41) is 3.18. The van der Waals surface area contributed by atoms with Gasteiger partial charge in [0.1, 0.15) is 18.4 Å². The first kappa shape index (κ1) is 22.6. The first-order valence-electron chi connectivity index (χ1n) is 11.2. The average molecular weight is 444 g/mol. The molecule has 2 atom stereocenters. The van der Waals surface area contributed by atoms with Crippen molar-refractivity contribution in [3.63, 3.8) is 0 Å². The van der Waals surface area contributed by atoms with E-state index >= 15 is 0 Å². The van der Waals surface area contributed by atoms with E-state index < -0.39 is 18.0 Å². The number of anilines is 1. The number of amides is 2. The second kappa shape index (κ2) is 10.3. The molecule has 33 heavy (non-hydrogen) atoms. The fourth-order valence-electron chi connectivity index (χ4n) is 4.02. The maximum absolute atomic E-state index is 13.6. The van der Waals surface area contributed by atoms with Crippen molar-refractivity contribution < 1.29 is 14.3 Å². The number of nitrogens with two attached hydrogens (primary N) is 1. The molecule has 1 aliphatic rings. The number of rotatable bonds is 8. The molecule has 0 saturated carbocycles. The van der Waals surface area contributed by atoms with E-state index in [0.29, 0.717) is 30.8 Å². The van der Waals surface area contributed by atoms with E-state index in [0.717, 1.165) is 16.7 Å². The minimum absolute atomic E-state index is 0.120. The van der Waals surface area contributed by atoms with Crippen LogP contribution in [0.15, 0.2) is 78.9 Å². The maximum Gasteiger partial charge on any atom is 0.248 e. The zero-order valence-corrected chi connectivity index (χ0v) is 18.7. The van der Waals surface area contributed by atoms with Gasteiger partial charge >= 0.3 is 0 Å². The minimum Gasteiger partial charge on any atom is -0.489 e. The summed E-state index contributed by atoms with van der Waals surface area (Å²) in [5.41, 5.74) is 9.69. The average Bonchev–Trinajstić information content (AvgIpc) is 2.95. The number of hydrogen-bond acceptors (Lipinski definition) is 4. The van der Waals surface area contributed by atoms with Crippen molar-refractivity contribution in [1.82, 2.24) is 5.32 Å². The molecule has 1 heterocycles. The van der Waals surface area contributed by atoms with E-state index in [2.05, 4.69) is 5.32 Å². The molecular formula is C27H29N3O3. The third-order valence-electron chi connectivity index (χ3n) is 5.90. The second-order valence-electron chi connectivity index (χ2n) is 8.39. The summed E-state index contributed by atoms with van der Waals surface area (Å²) in [6.07, 6.45) is 1.17. The normalized spacial score (nSPS) is 16.5. The number of primary amides is 1. The molecular weight excluding hydrogens is 414 g/mol. The van der Waals surface area contributed by atoms with Crippen molar-refractivity contribution in [1.29, 1.82) is 0 Å². The number of aryl methyl sites for hydroxylation is 2. The summed E-state index contributed by atoms with van der Waals surface area (Å²) < 4.78 is 5.98. The molecule has 0 fully saturated rings. The van der Waals surface area contributed by atoms with Gasteiger partial charge in [0.05, 0.1) is 18.3 Å². The molecule has 1 aliphatic heterocycles. The highest BCUT2D eigenvalue weighted by atomic mass is 16.5. The number of fused-ring (bicyclic) bond motifs is 1. The van der Waals surface area contributed by atoms with Gasteiger partial charge in [-0.25, -0.2) is 0 Å². The van der Waals surface area contributed by atoms with Gasteiger partial charge < -0.3 is 15.4 Å². The fourth-order valence-corrected chi connectivity index (χ4v) is 4.02. The number of para-hydroxylation sites is 2. The van der Waals surface area contributed by atoms with Crippen LogP contribution in [0, 0.1) is 6.92 Å². The molecule has 0 radical (unpaired) electrons. The molecule has 2 amide bonds. The van der Waals surface area contributed by atoms with Gasteiger partial charge in [-0.05, 0) is 43.0 Å². The first-order valence-corrected chi connectivity index (χ1v) is 11.2. The molecule has 0 bridgehead atoms. The lowest BCUT2D eigenvalue weighted by Gasteiger charge is -2.27. The summed E-state index contributed by atoms with van der Waals surface area (Å²) in [7, 11) is 0. The van der Waals surface area contributed by atoms with Crippen LogP contribution in [-0.2, 0) is 22.6 Å². The summed E-state index contributed by atoms with van der Waals surface area (Å²) in [6.45, 7) is 2.56. The lowest BCUT2D eigenvalue weighted by molar-refractivity contribution is -0.123. The Bertz CT molecular complexity index is 1100. The number of carbonyl (C=O) groups excluding carboxylic acids is 2. The van der Waals surface area contributed by atoms with Gasteiger partial charge in [0, 0.05) is 0 Å². The summed E-state index contributed by atoms with van der Waals surface area (Å²) in [5.74, 6) is 0.0132. The SMILES string of the molecule is Cc1ccc(CN2C(=O)[C@@H](N[C@@H](CCc3ccccc3)C(N)=O)COc3ccccc32)cc1. The summed E-state index contributed by atoms with van der Waals surface area (Å²) in [6, 6.07) is 24.2. The Hall–Kier alpha value is -3.64. The van der Waals surface area contributed by atoms with Crippen LogP contribution in [0.25, 0.3) is 0 Å². The molecule has 6 nitrogen and oxygen atoms in total. The van der Waals surface area contributed by atoms with Gasteiger partial charge in [0.25, 0.3) is 0 Å². The van der Waals surface area contributed by atoms with Crippen LogP contribution in [0.3, 0.4) is 0 Å². The molecule has 0 spiro atoms. The zero-order valence-electron chi connectivity index (χ0n) is 18.7. The fraction of sp³-hybridized carbons (Fsp3) is 0.259. The van der Waals surface area contributed by atoms with Crippen molar-refractivity contribution in [3.05, 3.63) is 95.6 Å². The van der Waals surface area contributed by atoms with E-state index in [4.69, 9.17) is 10.5 Å². The Balaban J connectivity index is 1.54. The van der Waals surface area contributed by atoms with Crippen LogP contribution in [0.2, 0.25) is 0 Å². The van der Waals surface area contributed by atoms with Crippen LogP contribution in [0.5, 0.6) is 5.75 Å². The topological polar surface area (TPSA) is 84.7 Å². The highest BCUT2D eigenvalue weighted by molar-refractivity contribution is 5.99. The van der Waals surface area contributed by atoms with E-state index in [1.165, 1.54) is 0 Å². The van der Waals surface area contributed by atoms with Gasteiger partial charge in [-0.15, -0.1) is 0 Å². The van der Waals surface area contributed by atoms with Gasteiger partial charge in [-0.3, -0.25) is 14.9 Å². The monoisotopic (exact) mass is 443 g/mol. The standard InChI is InChI=1S/C27H29N3O3/c1-19-11-13-21(14-12-19)17-30-24-9-5-6-10-25(24)33-18-23(27(30)32)29-22(26(28)31)16-15-20-7-3-2-4-8-20/h2-14,22-23,29H,15-18H2,1H3,(H2,28,31)/t22-,23-/m0/s1. The van der Waals surface area contributed by atoms with Crippen molar-refractivity contribution in [2.24, 2.45) is 5.73 Å². The highest BCUT2D eigenvalue weighted by Gasteiger charge is 2.33. The van der Waals surface area contributed by atoms with E-state index in [1.807, 2.05) is 85.8 Å². The Morgan fingerprint density at radius 2 is 1.73 bits per heavy atom. The van der Waals surface area contributed by atoms with Crippen molar-refractivity contribution in [2.45, 2.75) is 38.4 Å². The number of ether oxygens (including phenoxy) is 1. The van der Waals surface area contributed by atoms with E-state index in [1.54, 1.807) is 4.90 Å². The Labute approximate surface area is 194 Å². The maximum atomic E-state index is 13.6. The predicted octanol–water partition coefficient (Wildman–Crippen LogP) is 3.37. The van der Waals surface area contributed by atoms with Gasteiger partial charge in [0.2, 0.25) is 11.8 Å². The van der Waals surface area contributed by atoms with E-state index in [9.17, 15) is 9.59 Å². The molecule has 170 valence electrons. The quantitative estimate of drug-likeness (QED) is 0.559. The summed E-state index contributed by atoms with van der Waals surface area (Å²) in [4.78, 5) is 27.6. The van der Waals surface area contributed by atoms with Crippen molar-refractivity contribution >= 4 is 17.5 Å².